The zero-order valence-corrected chi connectivity index (χ0v) is 21.6. The van der Waals surface area contributed by atoms with Gasteiger partial charge in [-0.15, -0.1) is 0 Å². The molecule has 0 spiro atoms. The molecule has 2 amide bonds. The number of H-pyrrole nitrogens is 1. The van der Waals surface area contributed by atoms with Crippen molar-refractivity contribution in [3.05, 3.63) is 51.5 Å². The number of aromatic amines is 1. The second-order valence-corrected chi connectivity index (χ2v) is 10.0. The normalized spacial score (nSPS) is 18.4. The summed E-state index contributed by atoms with van der Waals surface area (Å²) < 4.78 is 0. The first-order valence-electron chi connectivity index (χ1n) is 12.2. The molecule has 1 aromatic heterocycles. The fourth-order valence-corrected chi connectivity index (χ4v) is 4.96. The van der Waals surface area contributed by atoms with E-state index in [0.29, 0.717) is 42.0 Å². The fraction of sp³-hybridized carbons (Fsp3) is 0.520. The van der Waals surface area contributed by atoms with Gasteiger partial charge in [0.15, 0.2) is 5.82 Å². The molecule has 0 bridgehead atoms. The lowest BCUT2D eigenvalue weighted by molar-refractivity contribution is -0.130. The first-order chi connectivity index (χ1) is 16.9. The minimum Gasteiger partial charge on any atom is -0.341 e. The number of piperidine rings is 1. The minimum absolute atomic E-state index is 0.102. The lowest BCUT2D eigenvalue weighted by atomic mass is 9.96. The topological polar surface area (TPSA) is 85.4 Å². The van der Waals surface area contributed by atoms with Crippen LogP contribution in [0.5, 0.6) is 0 Å². The number of aromatic nitrogens is 3. The smallest absolute Gasteiger partial charge is 0.246 e. The Bertz CT molecular complexity index is 1060. The summed E-state index contributed by atoms with van der Waals surface area (Å²) in [5, 5.41) is 8.18. The summed E-state index contributed by atoms with van der Waals surface area (Å²) in [4.78, 5) is 35.9. The molecule has 1 N–H and O–H groups in total. The van der Waals surface area contributed by atoms with Crippen LogP contribution in [0.25, 0.3) is 6.08 Å². The molecule has 0 saturated carbocycles. The molecule has 4 rings (SSSR count). The van der Waals surface area contributed by atoms with Crippen LogP contribution in [0.3, 0.4) is 0 Å². The highest BCUT2D eigenvalue weighted by molar-refractivity contribution is 6.42. The summed E-state index contributed by atoms with van der Waals surface area (Å²) in [6, 6.07) is 5.23. The van der Waals surface area contributed by atoms with Crippen LogP contribution in [0.1, 0.15) is 48.8 Å². The molecule has 3 heterocycles. The number of carbonyl (C=O) groups is 2. The maximum atomic E-state index is 12.7. The van der Waals surface area contributed by atoms with Gasteiger partial charge >= 0.3 is 0 Å². The van der Waals surface area contributed by atoms with Crippen molar-refractivity contribution in [3.63, 3.8) is 0 Å². The van der Waals surface area contributed by atoms with Crippen LogP contribution in [0.2, 0.25) is 10.0 Å². The van der Waals surface area contributed by atoms with Gasteiger partial charge in [0, 0.05) is 44.6 Å². The highest BCUT2D eigenvalue weighted by Gasteiger charge is 2.25. The zero-order chi connectivity index (χ0) is 24.8. The lowest BCUT2D eigenvalue weighted by Gasteiger charge is -2.31. The van der Waals surface area contributed by atoms with Crippen molar-refractivity contribution < 1.29 is 9.59 Å². The SMILES string of the molecule is Cc1nc(C2CCN(CCCN3CCN(C(=O)C=Cc4ccc(Cl)c(Cl)c4)CCC3=O)CC2)n[nH]1. The van der Waals surface area contributed by atoms with Crippen LogP contribution in [-0.4, -0.2) is 87.5 Å². The Hall–Kier alpha value is -2.42. The van der Waals surface area contributed by atoms with E-state index in [1.54, 1.807) is 23.1 Å². The molecule has 0 radical (unpaired) electrons. The van der Waals surface area contributed by atoms with E-state index in [1.807, 2.05) is 17.9 Å². The number of amides is 2. The van der Waals surface area contributed by atoms with E-state index in [0.717, 1.165) is 62.7 Å². The Balaban J connectivity index is 1.19. The van der Waals surface area contributed by atoms with Gasteiger partial charge in [-0.1, -0.05) is 29.3 Å². The van der Waals surface area contributed by atoms with E-state index in [1.165, 1.54) is 6.08 Å². The first-order valence-corrected chi connectivity index (χ1v) is 13.0. The van der Waals surface area contributed by atoms with Gasteiger partial charge in [-0.3, -0.25) is 14.7 Å². The Labute approximate surface area is 216 Å². The Morgan fingerprint density at radius 3 is 2.63 bits per heavy atom. The van der Waals surface area contributed by atoms with Crippen molar-refractivity contribution >= 4 is 41.1 Å². The van der Waals surface area contributed by atoms with Gasteiger partial charge in [0.25, 0.3) is 0 Å². The molecule has 2 saturated heterocycles. The second-order valence-electron chi connectivity index (χ2n) is 9.21. The molecular formula is C25H32Cl2N6O2. The number of likely N-dealkylation sites (tertiary alicyclic amines) is 1. The third kappa shape index (κ3) is 7.06. The molecule has 2 aromatic rings. The van der Waals surface area contributed by atoms with Crippen LogP contribution < -0.4 is 0 Å². The quantitative estimate of drug-likeness (QED) is 0.564. The molecule has 2 aliphatic rings. The average Bonchev–Trinajstić information content (AvgIpc) is 3.20. The summed E-state index contributed by atoms with van der Waals surface area (Å²) in [5.74, 6) is 2.25. The number of halogens is 2. The first kappa shape index (κ1) is 25.7. The number of nitrogens with zero attached hydrogens (tertiary/aromatic N) is 5. The number of hydrogen-bond acceptors (Lipinski definition) is 5. The predicted molar refractivity (Wildman–Crippen MR) is 137 cm³/mol. The van der Waals surface area contributed by atoms with Gasteiger partial charge in [-0.25, -0.2) is 4.98 Å². The van der Waals surface area contributed by atoms with Gasteiger partial charge < -0.3 is 14.7 Å². The van der Waals surface area contributed by atoms with Gasteiger partial charge in [-0.2, -0.15) is 5.10 Å². The van der Waals surface area contributed by atoms with E-state index in [9.17, 15) is 9.59 Å². The third-order valence-corrected chi connectivity index (χ3v) is 7.47. The van der Waals surface area contributed by atoms with Crippen LogP contribution in [0.4, 0.5) is 0 Å². The van der Waals surface area contributed by atoms with Crippen molar-refractivity contribution in [1.29, 1.82) is 0 Å². The number of hydrogen-bond donors (Lipinski definition) is 1. The zero-order valence-electron chi connectivity index (χ0n) is 20.1. The number of aryl methyl sites for hydroxylation is 1. The second kappa shape index (κ2) is 12.0. The summed E-state index contributed by atoms with van der Waals surface area (Å²) in [6.07, 6.45) is 6.67. The molecule has 1 aromatic carbocycles. The minimum atomic E-state index is -0.102. The number of benzene rings is 1. The summed E-state index contributed by atoms with van der Waals surface area (Å²) >= 11 is 12.0. The number of carbonyl (C=O) groups excluding carboxylic acids is 2. The Morgan fingerprint density at radius 2 is 1.91 bits per heavy atom. The van der Waals surface area contributed by atoms with Crippen LogP contribution in [-0.2, 0) is 9.59 Å². The molecule has 0 atom stereocenters. The van der Waals surface area contributed by atoms with Crippen molar-refractivity contribution in [1.82, 2.24) is 29.9 Å². The molecule has 2 aliphatic heterocycles. The fourth-order valence-electron chi connectivity index (χ4n) is 4.66. The van der Waals surface area contributed by atoms with Crippen molar-refractivity contribution in [3.8, 4) is 0 Å². The van der Waals surface area contributed by atoms with Crippen molar-refractivity contribution in [2.24, 2.45) is 0 Å². The summed E-state index contributed by atoms with van der Waals surface area (Å²) in [7, 11) is 0. The van der Waals surface area contributed by atoms with Crippen LogP contribution in [0.15, 0.2) is 24.3 Å². The van der Waals surface area contributed by atoms with E-state index < -0.39 is 0 Å². The highest BCUT2D eigenvalue weighted by Crippen LogP contribution is 2.25. The third-order valence-electron chi connectivity index (χ3n) is 6.73. The lowest BCUT2D eigenvalue weighted by Crippen LogP contribution is -2.38. The van der Waals surface area contributed by atoms with E-state index in [-0.39, 0.29) is 11.8 Å². The van der Waals surface area contributed by atoms with Crippen LogP contribution in [0, 0.1) is 6.92 Å². The van der Waals surface area contributed by atoms with Gasteiger partial charge in [0.1, 0.15) is 5.82 Å². The van der Waals surface area contributed by atoms with E-state index in [4.69, 9.17) is 23.2 Å². The molecule has 0 unspecified atom stereocenters. The summed E-state index contributed by atoms with van der Waals surface area (Å²) in [6.45, 7) is 7.22. The van der Waals surface area contributed by atoms with Crippen LogP contribution >= 0.6 is 23.2 Å². The molecule has 35 heavy (non-hydrogen) atoms. The largest absolute Gasteiger partial charge is 0.341 e. The number of nitrogens with one attached hydrogen (secondary N) is 1. The molecule has 188 valence electrons. The maximum Gasteiger partial charge on any atom is 0.246 e. The molecule has 10 heteroatoms. The molecule has 8 nitrogen and oxygen atoms in total. The number of rotatable bonds is 7. The van der Waals surface area contributed by atoms with Gasteiger partial charge in [0.2, 0.25) is 11.8 Å². The molecular weight excluding hydrogens is 487 g/mol. The Kier molecular flexibility index (Phi) is 8.81. The van der Waals surface area contributed by atoms with Gasteiger partial charge in [0.05, 0.1) is 10.0 Å². The highest BCUT2D eigenvalue weighted by atomic mass is 35.5. The summed E-state index contributed by atoms with van der Waals surface area (Å²) in [5.41, 5.74) is 0.806. The van der Waals surface area contributed by atoms with E-state index >= 15 is 0 Å². The van der Waals surface area contributed by atoms with Crippen molar-refractivity contribution in [2.45, 2.75) is 38.5 Å². The molecule has 2 fully saturated rings. The average molecular weight is 519 g/mol. The maximum absolute atomic E-state index is 12.7. The van der Waals surface area contributed by atoms with E-state index in [2.05, 4.69) is 20.1 Å². The molecule has 0 aliphatic carbocycles. The van der Waals surface area contributed by atoms with Gasteiger partial charge in [-0.05, 0) is 69.6 Å². The predicted octanol–water partition coefficient (Wildman–Crippen LogP) is 3.76. The monoisotopic (exact) mass is 518 g/mol. The Morgan fingerprint density at radius 1 is 1.11 bits per heavy atom. The standard InChI is InChI=1S/C25H32Cl2N6O2/c1-18-28-25(30-29-18)20-7-12-31(13-8-20)10-2-11-32-15-16-33(14-9-24(32)35)23(34)6-4-19-3-5-21(26)22(27)17-19/h3-6,17,20H,2,7-16H2,1H3,(H,28,29,30). The van der Waals surface area contributed by atoms with Crippen molar-refractivity contribution in [2.75, 3.05) is 45.8 Å².